The molecule has 0 unspecified atom stereocenters. The Morgan fingerprint density at radius 2 is 1.79 bits per heavy atom. The van der Waals surface area contributed by atoms with Crippen LogP contribution < -0.4 is 10.1 Å². The molecule has 2 aromatic rings. The first-order chi connectivity index (χ1) is 13.2. The minimum Gasteiger partial charge on any atom is -0.484 e. The van der Waals surface area contributed by atoms with E-state index >= 15 is 0 Å². The zero-order valence-corrected chi connectivity index (χ0v) is 16.4. The van der Waals surface area contributed by atoms with Crippen LogP contribution >= 0.6 is 0 Å². The monoisotopic (exact) mass is 412 g/mol. The first kappa shape index (κ1) is 21.8. The molecule has 0 saturated carbocycles. The first-order valence-corrected chi connectivity index (χ1v) is 10.1. The SMILES string of the molecule is CCCCN(C)S(=O)(=O)c1ccc(NC(=O)COc2ccc(F)c(F)c2)cc1. The summed E-state index contributed by atoms with van der Waals surface area (Å²) >= 11 is 0. The second-order valence-corrected chi connectivity index (χ2v) is 8.16. The summed E-state index contributed by atoms with van der Waals surface area (Å²) < 4.78 is 57.2. The fourth-order valence-electron chi connectivity index (χ4n) is 2.30. The van der Waals surface area contributed by atoms with E-state index in [1.807, 2.05) is 6.92 Å². The van der Waals surface area contributed by atoms with Gasteiger partial charge < -0.3 is 10.1 Å². The van der Waals surface area contributed by atoms with Crippen molar-refractivity contribution in [2.24, 2.45) is 0 Å². The Morgan fingerprint density at radius 1 is 1.11 bits per heavy atom. The van der Waals surface area contributed by atoms with Crippen LogP contribution in [0.1, 0.15) is 19.8 Å². The molecule has 0 spiro atoms. The van der Waals surface area contributed by atoms with E-state index in [9.17, 15) is 22.0 Å². The van der Waals surface area contributed by atoms with Gasteiger partial charge in [-0.05, 0) is 42.8 Å². The molecule has 0 aliphatic heterocycles. The van der Waals surface area contributed by atoms with Gasteiger partial charge in [-0.1, -0.05) is 13.3 Å². The van der Waals surface area contributed by atoms with Crippen molar-refractivity contribution in [1.29, 1.82) is 0 Å². The molecule has 152 valence electrons. The second kappa shape index (κ2) is 9.61. The molecule has 0 bridgehead atoms. The Kier molecular flexibility index (Phi) is 7.47. The molecule has 0 saturated heterocycles. The van der Waals surface area contributed by atoms with Crippen molar-refractivity contribution in [3.8, 4) is 5.75 Å². The first-order valence-electron chi connectivity index (χ1n) is 8.68. The van der Waals surface area contributed by atoms with E-state index in [0.717, 1.165) is 25.0 Å². The van der Waals surface area contributed by atoms with Gasteiger partial charge in [-0.15, -0.1) is 0 Å². The van der Waals surface area contributed by atoms with E-state index in [1.165, 1.54) is 41.7 Å². The summed E-state index contributed by atoms with van der Waals surface area (Å²) in [4.78, 5) is 12.0. The number of nitrogens with one attached hydrogen (secondary N) is 1. The third kappa shape index (κ3) is 5.74. The Morgan fingerprint density at radius 3 is 2.39 bits per heavy atom. The van der Waals surface area contributed by atoms with Crippen LogP contribution in [-0.4, -0.2) is 38.8 Å². The van der Waals surface area contributed by atoms with Gasteiger partial charge >= 0.3 is 0 Å². The average Bonchev–Trinajstić information content (AvgIpc) is 2.67. The van der Waals surface area contributed by atoms with E-state index < -0.39 is 34.2 Å². The highest BCUT2D eigenvalue weighted by Gasteiger charge is 2.20. The van der Waals surface area contributed by atoms with Crippen LogP contribution in [0, 0.1) is 11.6 Å². The summed E-state index contributed by atoms with van der Waals surface area (Å²) in [5.41, 5.74) is 0.383. The van der Waals surface area contributed by atoms with Crippen molar-refractivity contribution in [3.05, 3.63) is 54.1 Å². The standard InChI is InChI=1S/C19H22F2N2O4S/c1-3-4-11-23(2)28(25,26)16-8-5-14(6-9-16)22-19(24)13-27-15-7-10-17(20)18(21)12-15/h5-10,12H,3-4,11,13H2,1-2H3,(H,22,24). The van der Waals surface area contributed by atoms with E-state index in [-0.39, 0.29) is 10.6 Å². The fourth-order valence-corrected chi connectivity index (χ4v) is 3.51. The van der Waals surface area contributed by atoms with Gasteiger partial charge in [-0.2, -0.15) is 0 Å². The lowest BCUT2D eigenvalue weighted by Crippen LogP contribution is -2.28. The molecule has 2 aromatic carbocycles. The highest BCUT2D eigenvalue weighted by molar-refractivity contribution is 7.89. The quantitative estimate of drug-likeness (QED) is 0.685. The zero-order valence-electron chi connectivity index (χ0n) is 15.6. The van der Waals surface area contributed by atoms with Crippen molar-refractivity contribution >= 4 is 21.6 Å². The number of carbonyl (C=O) groups is 1. The number of unbranched alkanes of at least 4 members (excludes halogenated alkanes) is 1. The van der Waals surface area contributed by atoms with Crippen molar-refractivity contribution < 1.29 is 26.7 Å². The van der Waals surface area contributed by atoms with Gasteiger partial charge in [0.2, 0.25) is 10.0 Å². The van der Waals surface area contributed by atoms with Crippen LogP contribution in [0.3, 0.4) is 0 Å². The maximum atomic E-state index is 13.1. The van der Waals surface area contributed by atoms with E-state index in [0.29, 0.717) is 12.2 Å². The molecule has 0 aliphatic rings. The van der Waals surface area contributed by atoms with Crippen molar-refractivity contribution in [2.75, 3.05) is 25.5 Å². The van der Waals surface area contributed by atoms with Crippen molar-refractivity contribution in [2.45, 2.75) is 24.7 Å². The summed E-state index contributed by atoms with van der Waals surface area (Å²) in [6, 6.07) is 8.70. The van der Waals surface area contributed by atoms with Crippen LogP contribution in [0.4, 0.5) is 14.5 Å². The topological polar surface area (TPSA) is 75.7 Å². The summed E-state index contributed by atoms with van der Waals surface area (Å²) in [7, 11) is -2.06. The predicted octanol–water partition coefficient (Wildman–Crippen LogP) is 3.40. The van der Waals surface area contributed by atoms with Gasteiger partial charge in [-0.25, -0.2) is 21.5 Å². The molecule has 0 atom stereocenters. The number of amides is 1. The van der Waals surface area contributed by atoms with Gasteiger partial charge in [-0.3, -0.25) is 4.79 Å². The molecule has 0 heterocycles. The van der Waals surface area contributed by atoms with Crippen molar-refractivity contribution in [3.63, 3.8) is 0 Å². The summed E-state index contributed by atoms with van der Waals surface area (Å²) in [5, 5.41) is 2.54. The number of hydrogen-bond donors (Lipinski definition) is 1. The zero-order chi connectivity index (χ0) is 20.7. The second-order valence-electron chi connectivity index (χ2n) is 6.12. The molecular weight excluding hydrogens is 390 g/mol. The Hall–Kier alpha value is -2.52. The molecule has 0 fully saturated rings. The van der Waals surface area contributed by atoms with Gasteiger partial charge in [0.15, 0.2) is 18.2 Å². The molecule has 9 heteroatoms. The molecule has 0 aromatic heterocycles. The molecule has 0 radical (unpaired) electrons. The molecule has 0 aliphatic carbocycles. The van der Waals surface area contributed by atoms with Gasteiger partial charge in [0.05, 0.1) is 4.90 Å². The number of sulfonamides is 1. The number of nitrogens with zero attached hydrogens (tertiary/aromatic N) is 1. The molecule has 2 rings (SSSR count). The third-order valence-corrected chi connectivity index (χ3v) is 5.80. The van der Waals surface area contributed by atoms with Crippen LogP contribution in [0.15, 0.2) is 47.4 Å². The number of halogens is 2. The maximum Gasteiger partial charge on any atom is 0.262 e. The lowest BCUT2D eigenvalue weighted by atomic mass is 10.3. The Labute approximate surface area is 163 Å². The largest absolute Gasteiger partial charge is 0.484 e. The molecule has 1 N–H and O–H groups in total. The summed E-state index contributed by atoms with van der Waals surface area (Å²) in [5.74, 6) is -2.59. The number of hydrogen-bond acceptors (Lipinski definition) is 4. The van der Waals surface area contributed by atoms with Gasteiger partial charge in [0, 0.05) is 25.3 Å². The van der Waals surface area contributed by atoms with Crippen LogP contribution in [0.2, 0.25) is 0 Å². The van der Waals surface area contributed by atoms with Gasteiger partial charge in [0.1, 0.15) is 5.75 Å². The number of benzene rings is 2. The molecule has 28 heavy (non-hydrogen) atoms. The van der Waals surface area contributed by atoms with Crippen molar-refractivity contribution in [1.82, 2.24) is 4.31 Å². The lowest BCUT2D eigenvalue weighted by Gasteiger charge is -2.17. The minimum absolute atomic E-state index is 0.0191. The van der Waals surface area contributed by atoms with E-state index in [2.05, 4.69) is 5.32 Å². The van der Waals surface area contributed by atoms with E-state index in [4.69, 9.17) is 4.74 Å². The Bertz CT molecular complexity index is 918. The lowest BCUT2D eigenvalue weighted by molar-refractivity contribution is -0.118. The van der Waals surface area contributed by atoms with Gasteiger partial charge in [0.25, 0.3) is 5.91 Å². The van der Waals surface area contributed by atoms with Crippen LogP contribution in [0.25, 0.3) is 0 Å². The number of anilines is 1. The van der Waals surface area contributed by atoms with Crippen LogP contribution in [-0.2, 0) is 14.8 Å². The molecule has 6 nitrogen and oxygen atoms in total. The summed E-state index contributed by atoms with van der Waals surface area (Å²) in [6.45, 7) is 2.00. The van der Waals surface area contributed by atoms with Crippen LogP contribution in [0.5, 0.6) is 5.75 Å². The third-order valence-electron chi connectivity index (χ3n) is 3.93. The number of ether oxygens (including phenoxy) is 1. The minimum atomic E-state index is -3.58. The normalized spacial score (nSPS) is 11.5. The Balaban J connectivity index is 1.94. The average molecular weight is 412 g/mol. The summed E-state index contributed by atoms with van der Waals surface area (Å²) in [6.07, 6.45) is 1.65. The number of carbonyl (C=O) groups excluding carboxylic acids is 1. The fraction of sp³-hybridized carbons (Fsp3) is 0.316. The predicted molar refractivity (Wildman–Crippen MR) is 102 cm³/mol. The van der Waals surface area contributed by atoms with E-state index in [1.54, 1.807) is 0 Å². The number of rotatable bonds is 9. The molecular formula is C19H22F2N2O4S. The maximum absolute atomic E-state index is 13.1. The highest BCUT2D eigenvalue weighted by Crippen LogP contribution is 2.18. The molecule has 1 amide bonds. The smallest absolute Gasteiger partial charge is 0.262 e. The highest BCUT2D eigenvalue weighted by atomic mass is 32.2.